The van der Waals surface area contributed by atoms with Crippen molar-refractivity contribution in [3.8, 4) is 0 Å². The van der Waals surface area contributed by atoms with Crippen LogP contribution in [0.15, 0.2) is 41.2 Å². The lowest BCUT2D eigenvalue weighted by Gasteiger charge is -2.13. The van der Waals surface area contributed by atoms with Crippen LogP contribution in [0.3, 0.4) is 0 Å². The van der Waals surface area contributed by atoms with Gasteiger partial charge < -0.3 is 15.6 Å². The number of aryl methyl sites for hydroxylation is 3. The quantitative estimate of drug-likeness (QED) is 0.493. The Bertz CT molecular complexity index is 1210. The van der Waals surface area contributed by atoms with E-state index in [1.54, 1.807) is 38.1 Å². The maximum absolute atomic E-state index is 12.7. The fourth-order valence-electron chi connectivity index (χ4n) is 3.59. The summed E-state index contributed by atoms with van der Waals surface area (Å²) in [5.74, 6) is -0.596. The van der Waals surface area contributed by atoms with E-state index >= 15 is 0 Å². The Morgan fingerprint density at radius 2 is 1.73 bits per heavy atom. The number of hydrogen-bond donors (Lipinski definition) is 3. The molecule has 0 fully saturated rings. The first-order valence-electron chi connectivity index (χ1n) is 10.5. The zero-order valence-electron chi connectivity index (χ0n) is 19.0. The van der Waals surface area contributed by atoms with Crippen LogP contribution in [0.25, 0.3) is 0 Å². The predicted octanol–water partition coefficient (Wildman–Crippen LogP) is 3.09. The predicted molar refractivity (Wildman–Crippen MR) is 126 cm³/mol. The smallest absolute Gasteiger partial charge is 0.253 e. The molecule has 2 aromatic heterocycles. The first-order valence-corrected chi connectivity index (χ1v) is 10.9. The number of nitrogens with one attached hydrogen (secondary N) is 3. The normalized spacial score (nSPS) is 11.7. The van der Waals surface area contributed by atoms with Gasteiger partial charge in [0.05, 0.1) is 36.0 Å². The summed E-state index contributed by atoms with van der Waals surface area (Å²) in [6, 6.07) is 10.2. The molecule has 0 aliphatic carbocycles. The third kappa shape index (κ3) is 6.26. The molecule has 3 N–H and O–H groups in total. The van der Waals surface area contributed by atoms with E-state index < -0.39 is 5.92 Å². The van der Waals surface area contributed by atoms with E-state index in [1.807, 2.05) is 19.9 Å². The molecular weight excluding hydrogens is 442 g/mol. The van der Waals surface area contributed by atoms with Crippen molar-refractivity contribution in [3.05, 3.63) is 91.4 Å². The highest BCUT2D eigenvalue weighted by Crippen LogP contribution is 2.18. The molecule has 3 rings (SSSR count). The van der Waals surface area contributed by atoms with Crippen molar-refractivity contribution in [1.29, 1.82) is 0 Å². The van der Waals surface area contributed by atoms with Gasteiger partial charge in [0.1, 0.15) is 5.82 Å². The van der Waals surface area contributed by atoms with Crippen LogP contribution in [0.5, 0.6) is 0 Å². The number of carbonyl (C=O) groups is 2. The van der Waals surface area contributed by atoms with Crippen molar-refractivity contribution in [3.63, 3.8) is 0 Å². The molecule has 1 aromatic carbocycles. The highest BCUT2D eigenvalue weighted by molar-refractivity contribution is 6.30. The van der Waals surface area contributed by atoms with E-state index in [1.165, 1.54) is 6.07 Å². The molecule has 0 bridgehead atoms. The number of amides is 2. The van der Waals surface area contributed by atoms with Crippen molar-refractivity contribution in [1.82, 2.24) is 25.6 Å². The van der Waals surface area contributed by atoms with Gasteiger partial charge in [-0.1, -0.05) is 23.7 Å². The van der Waals surface area contributed by atoms with Gasteiger partial charge in [0, 0.05) is 16.8 Å². The summed E-state index contributed by atoms with van der Waals surface area (Å²) < 4.78 is 0. The Morgan fingerprint density at radius 3 is 2.39 bits per heavy atom. The molecule has 1 atom stereocenters. The maximum Gasteiger partial charge on any atom is 0.253 e. The Hall–Kier alpha value is -3.52. The molecular formula is C24H26ClN5O3. The first-order chi connectivity index (χ1) is 15.6. The van der Waals surface area contributed by atoms with Crippen LogP contribution >= 0.6 is 11.6 Å². The Kier molecular flexibility index (Phi) is 7.60. The zero-order valence-corrected chi connectivity index (χ0v) is 19.7. The van der Waals surface area contributed by atoms with Crippen molar-refractivity contribution in [2.75, 3.05) is 0 Å². The van der Waals surface area contributed by atoms with E-state index in [2.05, 4.69) is 25.6 Å². The lowest BCUT2D eigenvalue weighted by Crippen LogP contribution is -2.30. The van der Waals surface area contributed by atoms with E-state index in [9.17, 15) is 14.4 Å². The molecule has 3 aromatic rings. The second-order valence-electron chi connectivity index (χ2n) is 7.90. The molecule has 9 heteroatoms. The maximum atomic E-state index is 12.7. The molecule has 33 heavy (non-hydrogen) atoms. The van der Waals surface area contributed by atoms with Gasteiger partial charge >= 0.3 is 0 Å². The number of halogens is 1. The van der Waals surface area contributed by atoms with Crippen LogP contribution in [0.4, 0.5) is 0 Å². The molecule has 2 heterocycles. The second kappa shape index (κ2) is 10.4. The van der Waals surface area contributed by atoms with Crippen LogP contribution in [-0.4, -0.2) is 26.8 Å². The third-order valence-corrected chi connectivity index (χ3v) is 5.47. The molecule has 0 aliphatic heterocycles. The van der Waals surface area contributed by atoms with Gasteiger partial charge in [-0.3, -0.25) is 19.4 Å². The van der Waals surface area contributed by atoms with Gasteiger partial charge in [-0.25, -0.2) is 4.98 Å². The van der Waals surface area contributed by atoms with E-state index in [-0.39, 0.29) is 30.5 Å². The van der Waals surface area contributed by atoms with Crippen LogP contribution in [0.1, 0.15) is 57.2 Å². The molecule has 2 amide bonds. The Balaban J connectivity index is 1.63. The summed E-state index contributed by atoms with van der Waals surface area (Å²) in [6.45, 7) is 7.41. The van der Waals surface area contributed by atoms with Gasteiger partial charge in [-0.15, -0.1) is 0 Å². The number of H-pyrrole nitrogens is 1. The average Bonchev–Trinajstić information content (AvgIpc) is 2.75. The van der Waals surface area contributed by atoms with E-state index in [0.717, 1.165) is 16.8 Å². The van der Waals surface area contributed by atoms with Crippen LogP contribution in [0, 0.1) is 20.8 Å². The van der Waals surface area contributed by atoms with Crippen molar-refractivity contribution in [2.24, 2.45) is 0 Å². The summed E-state index contributed by atoms with van der Waals surface area (Å²) in [4.78, 5) is 48.5. The van der Waals surface area contributed by atoms with Crippen molar-refractivity contribution < 1.29 is 9.59 Å². The standard InChI is InChI=1S/C24H26ClN5O3/c1-13-9-14(2)28-16(4)22(13)24(33)27-12-20-29-19(10-21(31)30-20)11-26-23(32)15(3)17-5-7-18(25)8-6-17/h5-10,15H,11-12H2,1-4H3,(H,26,32)(H,27,33)(H,29,30,31). The van der Waals surface area contributed by atoms with Gasteiger partial charge in [0.2, 0.25) is 5.91 Å². The third-order valence-electron chi connectivity index (χ3n) is 5.22. The lowest BCUT2D eigenvalue weighted by atomic mass is 10.0. The van der Waals surface area contributed by atoms with Gasteiger partial charge in [-0.05, 0) is 57.0 Å². The summed E-state index contributed by atoms with van der Waals surface area (Å²) in [5.41, 5.74) is 3.66. The molecule has 8 nitrogen and oxygen atoms in total. The summed E-state index contributed by atoms with van der Waals surface area (Å²) in [7, 11) is 0. The molecule has 0 aliphatic rings. The molecule has 1 unspecified atom stereocenters. The topological polar surface area (TPSA) is 117 Å². The number of carbonyl (C=O) groups excluding carboxylic acids is 2. The van der Waals surface area contributed by atoms with Gasteiger partial charge in [0.15, 0.2) is 0 Å². The largest absolute Gasteiger partial charge is 0.350 e. The highest BCUT2D eigenvalue weighted by Gasteiger charge is 2.16. The average molecular weight is 468 g/mol. The number of benzene rings is 1. The lowest BCUT2D eigenvalue weighted by molar-refractivity contribution is -0.122. The minimum Gasteiger partial charge on any atom is -0.350 e. The minimum atomic E-state index is -0.391. The molecule has 172 valence electrons. The molecule has 0 saturated carbocycles. The Morgan fingerprint density at radius 1 is 1.03 bits per heavy atom. The molecule has 0 radical (unpaired) electrons. The summed E-state index contributed by atoms with van der Waals surface area (Å²) in [5, 5.41) is 6.16. The minimum absolute atomic E-state index is 0.0315. The van der Waals surface area contributed by atoms with Crippen LogP contribution in [-0.2, 0) is 17.9 Å². The number of hydrogen-bond acceptors (Lipinski definition) is 5. The van der Waals surface area contributed by atoms with Crippen LogP contribution in [0.2, 0.25) is 5.02 Å². The summed E-state index contributed by atoms with van der Waals surface area (Å²) in [6.07, 6.45) is 0. The number of nitrogens with zero attached hydrogens (tertiary/aromatic N) is 2. The number of pyridine rings is 1. The SMILES string of the molecule is Cc1cc(C)c(C(=O)NCc2nc(CNC(=O)C(C)c3ccc(Cl)cc3)cc(=O)[nH]2)c(C)n1. The number of aromatic amines is 1. The van der Waals surface area contributed by atoms with E-state index in [0.29, 0.717) is 27.8 Å². The number of aromatic nitrogens is 3. The van der Waals surface area contributed by atoms with Crippen LogP contribution < -0.4 is 16.2 Å². The summed E-state index contributed by atoms with van der Waals surface area (Å²) >= 11 is 5.90. The van der Waals surface area contributed by atoms with Gasteiger partial charge in [0.25, 0.3) is 11.5 Å². The zero-order chi connectivity index (χ0) is 24.1. The molecule has 0 saturated heterocycles. The van der Waals surface area contributed by atoms with Crippen molar-refractivity contribution >= 4 is 23.4 Å². The second-order valence-corrected chi connectivity index (χ2v) is 8.33. The monoisotopic (exact) mass is 467 g/mol. The fourth-order valence-corrected chi connectivity index (χ4v) is 3.72. The van der Waals surface area contributed by atoms with Gasteiger partial charge in [-0.2, -0.15) is 0 Å². The molecule has 0 spiro atoms. The number of rotatable bonds is 7. The van der Waals surface area contributed by atoms with E-state index in [4.69, 9.17) is 11.6 Å². The Labute approximate surface area is 196 Å². The first kappa shape index (κ1) is 24.1. The fraction of sp³-hybridized carbons (Fsp3) is 0.292. The highest BCUT2D eigenvalue weighted by atomic mass is 35.5. The van der Waals surface area contributed by atoms with Crippen molar-refractivity contribution in [2.45, 2.75) is 46.7 Å².